The van der Waals surface area contributed by atoms with Crippen molar-refractivity contribution in [2.24, 2.45) is 5.92 Å². The van der Waals surface area contributed by atoms with Crippen LogP contribution in [0.5, 0.6) is 0 Å². The van der Waals surface area contributed by atoms with Crippen LogP contribution >= 0.6 is 0 Å². The highest BCUT2D eigenvalue weighted by Gasteiger charge is 2.32. The standard InChI is InChI=1S/C16H29N3/c1-3-19-11-9-15(10-12-19)18(2)16-8-6-4-5-7-14(16)13-17/h14-16H,3-12H2,1-2H3. The first-order valence-electron chi connectivity index (χ1n) is 8.10. The Kier molecular flexibility index (Phi) is 5.66. The van der Waals surface area contributed by atoms with Gasteiger partial charge in [-0.3, -0.25) is 4.90 Å². The molecule has 0 bridgehead atoms. The Morgan fingerprint density at radius 1 is 1.11 bits per heavy atom. The van der Waals surface area contributed by atoms with Crippen LogP contribution in [0.25, 0.3) is 0 Å². The number of likely N-dealkylation sites (tertiary alicyclic amines) is 1. The van der Waals surface area contributed by atoms with Crippen LogP contribution in [0.15, 0.2) is 0 Å². The largest absolute Gasteiger partial charge is 0.303 e. The summed E-state index contributed by atoms with van der Waals surface area (Å²) in [5.74, 6) is 0.261. The van der Waals surface area contributed by atoms with Crippen molar-refractivity contribution in [2.75, 3.05) is 26.7 Å². The lowest BCUT2D eigenvalue weighted by Crippen LogP contribution is -2.49. The molecule has 0 spiro atoms. The van der Waals surface area contributed by atoms with Crippen molar-refractivity contribution in [2.45, 2.75) is 64.0 Å². The molecule has 1 aliphatic carbocycles. The van der Waals surface area contributed by atoms with E-state index in [4.69, 9.17) is 0 Å². The lowest BCUT2D eigenvalue weighted by molar-refractivity contribution is 0.0794. The van der Waals surface area contributed by atoms with Crippen molar-refractivity contribution in [1.82, 2.24) is 9.80 Å². The Morgan fingerprint density at radius 2 is 1.79 bits per heavy atom. The van der Waals surface area contributed by atoms with Crippen LogP contribution < -0.4 is 0 Å². The summed E-state index contributed by atoms with van der Waals surface area (Å²) in [6, 6.07) is 3.78. The van der Waals surface area contributed by atoms with Gasteiger partial charge >= 0.3 is 0 Å². The molecule has 2 rings (SSSR count). The fourth-order valence-corrected chi connectivity index (χ4v) is 3.84. The van der Waals surface area contributed by atoms with Crippen LogP contribution in [-0.4, -0.2) is 48.6 Å². The van der Waals surface area contributed by atoms with Crippen LogP contribution in [0.1, 0.15) is 51.9 Å². The minimum Gasteiger partial charge on any atom is -0.303 e. The third kappa shape index (κ3) is 3.70. The number of rotatable bonds is 3. The predicted molar refractivity (Wildman–Crippen MR) is 78.9 cm³/mol. The highest BCUT2D eigenvalue weighted by molar-refractivity contribution is 4.96. The van der Waals surface area contributed by atoms with Gasteiger partial charge in [0, 0.05) is 12.1 Å². The summed E-state index contributed by atoms with van der Waals surface area (Å²) >= 11 is 0. The Bertz CT molecular complexity index is 302. The van der Waals surface area contributed by atoms with Gasteiger partial charge in [-0.1, -0.05) is 26.2 Å². The van der Waals surface area contributed by atoms with Gasteiger partial charge in [0.1, 0.15) is 0 Å². The Morgan fingerprint density at radius 3 is 2.42 bits per heavy atom. The first-order valence-corrected chi connectivity index (χ1v) is 8.10. The van der Waals surface area contributed by atoms with Gasteiger partial charge in [0.05, 0.1) is 12.0 Å². The number of nitrogens with zero attached hydrogens (tertiary/aromatic N) is 3. The van der Waals surface area contributed by atoms with E-state index >= 15 is 0 Å². The SMILES string of the molecule is CCN1CCC(N(C)C2CCCCCC2C#N)CC1. The highest BCUT2D eigenvalue weighted by Crippen LogP contribution is 2.29. The molecule has 2 fully saturated rings. The lowest BCUT2D eigenvalue weighted by atomic mass is 9.92. The van der Waals surface area contributed by atoms with Crippen molar-refractivity contribution < 1.29 is 0 Å². The van der Waals surface area contributed by atoms with Crippen molar-refractivity contribution in [3.63, 3.8) is 0 Å². The van der Waals surface area contributed by atoms with Gasteiger partial charge in [0.25, 0.3) is 0 Å². The van der Waals surface area contributed by atoms with Crippen LogP contribution in [-0.2, 0) is 0 Å². The average Bonchev–Trinajstić information content (AvgIpc) is 2.71. The van der Waals surface area contributed by atoms with E-state index in [1.54, 1.807) is 0 Å². The topological polar surface area (TPSA) is 30.3 Å². The molecule has 0 N–H and O–H groups in total. The molecular formula is C16H29N3. The van der Waals surface area contributed by atoms with E-state index in [2.05, 4.69) is 29.8 Å². The molecule has 1 heterocycles. The van der Waals surface area contributed by atoms with Gasteiger partial charge < -0.3 is 4.90 Å². The summed E-state index contributed by atoms with van der Waals surface area (Å²) < 4.78 is 0. The predicted octanol–water partition coefficient (Wildman–Crippen LogP) is 2.87. The molecule has 3 nitrogen and oxygen atoms in total. The van der Waals surface area contributed by atoms with Crippen LogP contribution in [0.4, 0.5) is 0 Å². The van der Waals surface area contributed by atoms with Crippen LogP contribution in [0.3, 0.4) is 0 Å². The van der Waals surface area contributed by atoms with Gasteiger partial charge in [0.15, 0.2) is 0 Å². The second kappa shape index (κ2) is 7.26. The molecule has 108 valence electrons. The first kappa shape index (κ1) is 14.8. The van der Waals surface area contributed by atoms with Gasteiger partial charge in [-0.05, 0) is 52.4 Å². The van der Waals surface area contributed by atoms with E-state index in [1.807, 2.05) is 0 Å². The third-order valence-electron chi connectivity index (χ3n) is 5.25. The second-order valence-electron chi connectivity index (χ2n) is 6.27. The fraction of sp³-hybridized carbons (Fsp3) is 0.938. The van der Waals surface area contributed by atoms with E-state index < -0.39 is 0 Å². The maximum absolute atomic E-state index is 9.43. The van der Waals surface area contributed by atoms with Crippen molar-refractivity contribution in [3.05, 3.63) is 0 Å². The molecule has 1 saturated heterocycles. The number of hydrogen-bond acceptors (Lipinski definition) is 3. The minimum atomic E-state index is 0.261. The second-order valence-corrected chi connectivity index (χ2v) is 6.27. The maximum atomic E-state index is 9.43. The molecule has 0 radical (unpaired) electrons. The van der Waals surface area contributed by atoms with Crippen molar-refractivity contribution in [1.29, 1.82) is 5.26 Å². The molecule has 19 heavy (non-hydrogen) atoms. The zero-order chi connectivity index (χ0) is 13.7. The smallest absolute Gasteiger partial charge is 0.0672 e. The summed E-state index contributed by atoms with van der Waals surface area (Å²) in [6.07, 6.45) is 8.76. The molecule has 0 amide bonds. The zero-order valence-corrected chi connectivity index (χ0v) is 12.6. The molecule has 1 saturated carbocycles. The third-order valence-corrected chi connectivity index (χ3v) is 5.25. The van der Waals surface area contributed by atoms with Gasteiger partial charge in [-0.2, -0.15) is 5.26 Å². The van der Waals surface area contributed by atoms with Crippen molar-refractivity contribution >= 4 is 0 Å². The first-order chi connectivity index (χ1) is 9.26. The molecular weight excluding hydrogens is 234 g/mol. The summed E-state index contributed by atoms with van der Waals surface area (Å²) in [5, 5.41) is 9.43. The fourth-order valence-electron chi connectivity index (χ4n) is 3.84. The highest BCUT2D eigenvalue weighted by atomic mass is 15.2. The molecule has 2 aliphatic rings. The van der Waals surface area contributed by atoms with Gasteiger partial charge in [-0.25, -0.2) is 0 Å². The Labute approximate surface area is 118 Å². The zero-order valence-electron chi connectivity index (χ0n) is 12.6. The number of hydrogen-bond donors (Lipinski definition) is 0. The summed E-state index contributed by atoms with van der Waals surface area (Å²) in [7, 11) is 2.27. The van der Waals surface area contributed by atoms with Gasteiger partial charge in [0.2, 0.25) is 0 Å². The molecule has 0 aromatic heterocycles. The number of nitriles is 1. The Balaban J connectivity index is 1.93. The molecule has 2 atom stereocenters. The van der Waals surface area contributed by atoms with Crippen molar-refractivity contribution in [3.8, 4) is 6.07 Å². The molecule has 2 unspecified atom stereocenters. The monoisotopic (exact) mass is 263 g/mol. The molecule has 3 heteroatoms. The van der Waals surface area contributed by atoms with E-state index in [-0.39, 0.29) is 5.92 Å². The molecule has 0 aromatic carbocycles. The summed E-state index contributed by atoms with van der Waals surface area (Å²) in [5.41, 5.74) is 0. The van der Waals surface area contributed by atoms with Crippen LogP contribution in [0.2, 0.25) is 0 Å². The Hall–Kier alpha value is -0.590. The van der Waals surface area contributed by atoms with Crippen LogP contribution in [0, 0.1) is 17.2 Å². The quantitative estimate of drug-likeness (QED) is 0.734. The molecule has 0 aromatic rings. The summed E-state index contributed by atoms with van der Waals surface area (Å²) in [4.78, 5) is 5.10. The normalized spacial score (nSPS) is 31.1. The van der Waals surface area contributed by atoms with E-state index in [1.165, 1.54) is 58.2 Å². The number of piperidine rings is 1. The van der Waals surface area contributed by atoms with Gasteiger partial charge in [-0.15, -0.1) is 0 Å². The van der Waals surface area contributed by atoms with E-state index in [0.717, 1.165) is 6.42 Å². The maximum Gasteiger partial charge on any atom is 0.0672 e. The lowest BCUT2D eigenvalue weighted by Gasteiger charge is -2.41. The van der Waals surface area contributed by atoms with E-state index in [9.17, 15) is 5.26 Å². The summed E-state index contributed by atoms with van der Waals surface area (Å²) in [6.45, 7) is 5.90. The molecule has 1 aliphatic heterocycles. The minimum absolute atomic E-state index is 0.261. The average molecular weight is 263 g/mol. The van der Waals surface area contributed by atoms with E-state index in [0.29, 0.717) is 12.1 Å².